The number of hydrogen-bond donors (Lipinski definition) is 1. The second kappa shape index (κ2) is 6.31. The summed E-state index contributed by atoms with van der Waals surface area (Å²) in [6.07, 6.45) is -5.05. The first-order valence-corrected chi connectivity index (χ1v) is 5.64. The molecule has 0 aromatic heterocycles. The molecule has 0 radical (unpaired) electrons. The summed E-state index contributed by atoms with van der Waals surface area (Å²) >= 11 is 0. The van der Waals surface area contributed by atoms with E-state index in [0.717, 1.165) is 12.1 Å². The van der Waals surface area contributed by atoms with Crippen molar-refractivity contribution in [1.82, 2.24) is 0 Å². The van der Waals surface area contributed by atoms with E-state index in [1.54, 1.807) is 0 Å². The van der Waals surface area contributed by atoms with E-state index in [-0.39, 0.29) is 12.8 Å². The molecular weight excluding hydrogens is 277 g/mol. The standard InChI is InChI=1S/C13H11F3O4/c14-13(15,16)9-4-1-8(2-5-9)3-6-10(17)7-11(18)12(19)20/h1-2,4-5H,3,6-7H2,(H,19,20). The number of hydrogen-bond acceptors (Lipinski definition) is 3. The molecule has 0 spiro atoms. The lowest BCUT2D eigenvalue weighted by molar-refractivity contribution is -0.150. The van der Waals surface area contributed by atoms with Gasteiger partial charge in [0.1, 0.15) is 5.78 Å². The molecule has 1 aromatic carbocycles. The number of Topliss-reactive ketones (excluding diaryl/α,β-unsaturated/α-hetero) is 2. The molecule has 108 valence electrons. The third-order valence-corrected chi connectivity index (χ3v) is 2.57. The molecule has 0 unspecified atom stereocenters. The summed E-state index contributed by atoms with van der Waals surface area (Å²) in [4.78, 5) is 32.3. The monoisotopic (exact) mass is 288 g/mol. The summed E-state index contributed by atoms with van der Waals surface area (Å²) in [6.45, 7) is 0. The minimum atomic E-state index is -4.41. The number of alkyl halides is 3. The van der Waals surface area contributed by atoms with Gasteiger partial charge in [0.05, 0.1) is 12.0 Å². The van der Waals surface area contributed by atoms with Crippen molar-refractivity contribution in [3.63, 3.8) is 0 Å². The zero-order chi connectivity index (χ0) is 15.3. The summed E-state index contributed by atoms with van der Waals surface area (Å²) in [6, 6.07) is 4.30. The van der Waals surface area contributed by atoms with E-state index in [9.17, 15) is 27.6 Å². The average molecular weight is 288 g/mol. The molecule has 0 bridgehead atoms. The molecule has 1 rings (SSSR count). The number of benzene rings is 1. The van der Waals surface area contributed by atoms with Crippen LogP contribution in [0.25, 0.3) is 0 Å². The predicted molar refractivity (Wildman–Crippen MR) is 62.0 cm³/mol. The Morgan fingerprint density at radius 3 is 2.05 bits per heavy atom. The van der Waals surface area contributed by atoms with Crippen LogP contribution in [0.5, 0.6) is 0 Å². The van der Waals surface area contributed by atoms with Gasteiger partial charge in [0.15, 0.2) is 0 Å². The molecule has 0 aliphatic carbocycles. The summed E-state index contributed by atoms with van der Waals surface area (Å²) < 4.78 is 36.9. The quantitative estimate of drug-likeness (QED) is 0.643. The smallest absolute Gasteiger partial charge is 0.416 e. The normalized spacial score (nSPS) is 11.2. The number of carbonyl (C=O) groups is 3. The van der Waals surface area contributed by atoms with Crippen LogP contribution in [0.15, 0.2) is 24.3 Å². The Balaban J connectivity index is 2.52. The third kappa shape index (κ3) is 4.83. The minimum absolute atomic E-state index is 0.0929. The average Bonchev–Trinajstić information content (AvgIpc) is 2.35. The zero-order valence-electron chi connectivity index (χ0n) is 10.2. The molecule has 0 aliphatic rings. The van der Waals surface area contributed by atoms with Crippen molar-refractivity contribution in [2.24, 2.45) is 0 Å². The van der Waals surface area contributed by atoms with Crippen molar-refractivity contribution in [3.05, 3.63) is 35.4 Å². The Morgan fingerprint density at radius 2 is 1.60 bits per heavy atom. The number of carboxylic acid groups (broad SMARTS) is 1. The van der Waals surface area contributed by atoms with Crippen molar-refractivity contribution in [2.75, 3.05) is 0 Å². The first-order valence-electron chi connectivity index (χ1n) is 5.64. The van der Waals surface area contributed by atoms with Crippen LogP contribution in [0.4, 0.5) is 13.2 Å². The predicted octanol–water partition coefficient (Wildman–Crippen LogP) is 2.25. The largest absolute Gasteiger partial charge is 0.475 e. The highest BCUT2D eigenvalue weighted by molar-refractivity contribution is 6.36. The van der Waals surface area contributed by atoms with Gasteiger partial charge >= 0.3 is 12.1 Å². The fourth-order valence-corrected chi connectivity index (χ4v) is 1.49. The Hall–Kier alpha value is -2.18. The zero-order valence-corrected chi connectivity index (χ0v) is 10.2. The van der Waals surface area contributed by atoms with Crippen LogP contribution < -0.4 is 0 Å². The molecule has 1 N–H and O–H groups in total. The van der Waals surface area contributed by atoms with Gasteiger partial charge in [-0.2, -0.15) is 13.2 Å². The van der Waals surface area contributed by atoms with Crippen LogP contribution >= 0.6 is 0 Å². The molecule has 0 atom stereocenters. The Labute approximate surface area is 112 Å². The second-order valence-corrected chi connectivity index (χ2v) is 4.14. The first-order chi connectivity index (χ1) is 9.20. The highest BCUT2D eigenvalue weighted by Crippen LogP contribution is 2.29. The molecule has 0 fully saturated rings. The number of carboxylic acids is 1. The van der Waals surface area contributed by atoms with Crippen LogP contribution in [0.1, 0.15) is 24.0 Å². The number of ketones is 2. The summed E-state index contributed by atoms with van der Waals surface area (Å²) in [5, 5.41) is 8.31. The fraction of sp³-hybridized carbons (Fsp3) is 0.308. The minimum Gasteiger partial charge on any atom is -0.475 e. The Morgan fingerprint density at radius 1 is 1.05 bits per heavy atom. The number of carbonyl (C=O) groups excluding carboxylic acids is 2. The van der Waals surface area contributed by atoms with Crippen molar-refractivity contribution < 1.29 is 32.7 Å². The van der Waals surface area contributed by atoms with Crippen LogP contribution in [-0.2, 0) is 27.0 Å². The van der Waals surface area contributed by atoms with Gasteiger partial charge < -0.3 is 5.11 Å². The van der Waals surface area contributed by atoms with E-state index < -0.39 is 35.7 Å². The van der Waals surface area contributed by atoms with E-state index in [2.05, 4.69) is 0 Å². The van der Waals surface area contributed by atoms with Crippen LogP contribution in [0.3, 0.4) is 0 Å². The summed E-state index contributed by atoms with van der Waals surface area (Å²) in [5.41, 5.74) is -0.275. The van der Waals surface area contributed by atoms with Crippen molar-refractivity contribution in [1.29, 1.82) is 0 Å². The van der Waals surface area contributed by atoms with Crippen LogP contribution in [0.2, 0.25) is 0 Å². The second-order valence-electron chi connectivity index (χ2n) is 4.14. The molecule has 0 saturated heterocycles. The number of aryl methyl sites for hydroxylation is 1. The molecule has 20 heavy (non-hydrogen) atoms. The van der Waals surface area contributed by atoms with Crippen molar-refractivity contribution >= 4 is 17.5 Å². The van der Waals surface area contributed by atoms with E-state index >= 15 is 0 Å². The number of halogens is 3. The van der Waals surface area contributed by atoms with Gasteiger partial charge in [-0.3, -0.25) is 9.59 Å². The molecular formula is C13H11F3O4. The third-order valence-electron chi connectivity index (χ3n) is 2.57. The van der Waals surface area contributed by atoms with E-state index in [1.807, 2.05) is 0 Å². The highest BCUT2D eigenvalue weighted by atomic mass is 19.4. The lowest BCUT2D eigenvalue weighted by Gasteiger charge is -2.07. The van der Waals surface area contributed by atoms with Gasteiger partial charge in [-0.25, -0.2) is 4.79 Å². The molecule has 1 aromatic rings. The van der Waals surface area contributed by atoms with Gasteiger partial charge in [-0.15, -0.1) is 0 Å². The lowest BCUT2D eigenvalue weighted by Crippen LogP contribution is -2.17. The maximum Gasteiger partial charge on any atom is 0.416 e. The topological polar surface area (TPSA) is 71.4 Å². The van der Waals surface area contributed by atoms with Gasteiger partial charge in [0.2, 0.25) is 5.78 Å². The Bertz CT molecular complexity index is 517. The van der Waals surface area contributed by atoms with Crippen LogP contribution in [0, 0.1) is 0 Å². The van der Waals surface area contributed by atoms with Gasteiger partial charge in [0, 0.05) is 6.42 Å². The molecule has 0 aliphatic heterocycles. The highest BCUT2D eigenvalue weighted by Gasteiger charge is 2.29. The summed E-state index contributed by atoms with van der Waals surface area (Å²) in [5.74, 6) is -3.42. The fourth-order valence-electron chi connectivity index (χ4n) is 1.49. The van der Waals surface area contributed by atoms with E-state index in [1.165, 1.54) is 12.1 Å². The first kappa shape index (κ1) is 15.9. The SMILES string of the molecule is O=C(CCc1ccc(C(F)(F)F)cc1)CC(=O)C(=O)O. The van der Waals surface area contributed by atoms with Crippen molar-refractivity contribution in [3.8, 4) is 0 Å². The maximum atomic E-state index is 12.3. The molecule has 4 nitrogen and oxygen atoms in total. The molecule has 0 saturated carbocycles. The van der Waals surface area contributed by atoms with Crippen LogP contribution in [-0.4, -0.2) is 22.6 Å². The summed E-state index contributed by atoms with van der Waals surface area (Å²) in [7, 11) is 0. The maximum absolute atomic E-state index is 12.3. The number of rotatable bonds is 6. The van der Waals surface area contributed by atoms with E-state index in [4.69, 9.17) is 5.11 Å². The molecule has 0 heterocycles. The molecule has 0 amide bonds. The van der Waals surface area contributed by atoms with Crippen molar-refractivity contribution in [2.45, 2.75) is 25.4 Å². The lowest BCUT2D eigenvalue weighted by atomic mass is 10.0. The number of aliphatic carboxylic acids is 1. The Kier molecular flexibility index (Phi) is 5.01. The van der Waals surface area contributed by atoms with Gasteiger partial charge in [0.25, 0.3) is 0 Å². The molecule has 7 heteroatoms. The van der Waals surface area contributed by atoms with Gasteiger partial charge in [-0.1, -0.05) is 12.1 Å². The van der Waals surface area contributed by atoms with Gasteiger partial charge in [-0.05, 0) is 24.1 Å². The van der Waals surface area contributed by atoms with E-state index in [0.29, 0.717) is 5.56 Å².